The molecule has 6 nitrogen and oxygen atoms in total. The van der Waals surface area contributed by atoms with Crippen molar-refractivity contribution in [3.63, 3.8) is 0 Å². The van der Waals surface area contributed by atoms with Gasteiger partial charge >= 0.3 is 0 Å². The van der Waals surface area contributed by atoms with Crippen LogP contribution in [0.2, 0.25) is 0 Å². The molecule has 0 aromatic heterocycles. The van der Waals surface area contributed by atoms with Crippen LogP contribution in [0.4, 0.5) is 15.8 Å². The Labute approximate surface area is 176 Å². The molecule has 0 bridgehead atoms. The molecule has 0 N–H and O–H groups in total. The van der Waals surface area contributed by atoms with E-state index in [0.717, 1.165) is 18.4 Å². The summed E-state index contributed by atoms with van der Waals surface area (Å²) in [4.78, 5) is 16.9. The number of benzene rings is 2. The number of anilines is 2. The molecule has 2 aromatic carbocycles. The number of rotatable bonds is 5. The van der Waals surface area contributed by atoms with Crippen molar-refractivity contribution >= 4 is 27.2 Å². The van der Waals surface area contributed by atoms with E-state index in [0.29, 0.717) is 56.2 Å². The fourth-order valence-corrected chi connectivity index (χ4v) is 5.23. The molecule has 2 aromatic rings. The van der Waals surface area contributed by atoms with Gasteiger partial charge in [0, 0.05) is 38.3 Å². The Kier molecular flexibility index (Phi) is 5.79. The molecule has 1 fully saturated rings. The van der Waals surface area contributed by atoms with Crippen molar-refractivity contribution in [1.29, 1.82) is 0 Å². The number of Topliss-reactive ketones (excluding diaryl/α,β-unsaturated/α-hetero) is 1. The number of ketones is 1. The number of para-hydroxylation sites is 1. The summed E-state index contributed by atoms with van der Waals surface area (Å²) in [7, 11) is -3.32. The zero-order chi connectivity index (χ0) is 21.3. The van der Waals surface area contributed by atoms with E-state index in [-0.39, 0.29) is 11.6 Å². The maximum absolute atomic E-state index is 14.0. The number of hydrogen-bond donors (Lipinski definition) is 0. The van der Waals surface area contributed by atoms with E-state index in [1.165, 1.54) is 16.6 Å². The normalized spacial score (nSPS) is 17.7. The molecule has 0 unspecified atom stereocenters. The van der Waals surface area contributed by atoms with Gasteiger partial charge in [-0.3, -0.25) is 14.0 Å². The highest BCUT2D eigenvalue weighted by Crippen LogP contribution is 2.30. The van der Waals surface area contributed by atoms with Crippen LogP contribution in [0.3, 0.4) is 0 Å². The highest BCUT2D eigenvalue weighted by molar-refractivity contribution is 7.92. The molecular weight excluding hydrogens is 405 g/mol. The Balaban J connectivity index is 1.40. The maximum atomic E-state index is 14.0. The number of fused-ring (bicyclic) bond motifs is 1. The van der Waals surface area contributed by atoms with Crippen molar-refractivity contribution in [2.24, 2.45) is 0 Å². The van der Waals surface area contributed by atoms with Gasteiger partial charge in [-0.25, -0.2) is 12.8 Å². The zero-order valence-corrected chi connectivity index (χ0v) is 17.9. The molecule has 2 aliphatic rings. The molecule has 1 saturated heterocycles. The van der Waals surface area contributed by atoms with Crippen LogP contribution in [0.1, 0.15) is 22.3 Å². The number of carbonyl (C=O) groups is 1. The Morgan fingerprint density at radius 2 is 1.73 bits per heavy atom. The van der Waals surface area contributed by atoms with Crippen LogP contribution >= 0.6 is 0 Å². The van der Waals surface area contributed by atoms with Gasteiger partial charge in [-0.05, 0) is 48.7 Å². The second kappa shape index (κ2) is 8.35. The minimum Gasteiger partial charge on any atom is -0.367 e. The van der Waals surface area contributed by atoms with Crippen LogP contribution in [0.25, 0.3) is 0 Å². The molecule has 8 heteroatoms. The number of halogens is 1. The monoisotopic (exact) mass is 431 g/mol. The first-order valence-corrected chi connectivity index (χ1v) is 12.0. The molecule has 160 valence electrons. The van der Waals surface area contributed by atoms with Crippen molar-refractivity contribution in [3.05, 3.63) is 59.4 Å². The summed E-state index contributed by atoms with van der Waals surface area (Å²) in [5, 5.41) is 0. The summed E-state index contributed by atoms with van der Waals surface area (Å²) in [6.07, 6.45) is 2.72. The Bertz CT molecular complexity index is 1050. The SMILES string of the molecule is CS(=O)(=O)N1CCCc2cc(C(=O)CN3CCN(c4ccccc4F)CC3)ccc21. The van der Waals surface area contributed by atoms with Crippen LogP contribution in [-0.4, -0.2) is 64.6 Å². The maximum Gasteiger partial charge on any atom is 0.232 e. The van der Waals surface area contributed by atoms with Crippen molar-refractivity contribution in [2.75, 3.05) is 54.7 Å². The lowest BCUT2D eigenvalue weighted by molar-refractivity contribution is 0.0926. The van der Waals surface area contributed by atoms with Gasteiger partial charge in [-0.15, -0.1) is 0 Å². The van der Waals surface area contributed by atoms with Crippen LogP contribution < -0.4 is 9.21 Å². The molecule has 4 rings (SSSR count). The Morgan fingerprint density at radius 3 is 2.43 bits per heavy atom. The molecule has 2 aliphatic heterocycles. The lowest BCUT2D eigenvalue weighted by atomic mass is 9.99. The number of hydrogen-bond acceptors (Lipinski definition) is 5. The van der Waals surface area contributed by atoms with E-state index in [1.807, 2.05) is 17.0 Å². The van der Waals surface area contributed by atoms with Crippen LogP contribution in [0.15, 0.2) is 42.5 Å². The third-order valence-corrected chi connectivity index (χ3v) is 6.99. The first-order chi connectivity index (χ1) is 14.3. The minimum absolute atomic E-state index is 0.0219. The molecule has 0 radical (unpaired) electrons. The predicted octanol–water partition coefficient (Wildman–Crippen LogP) is 2.54. The zero-order valence-electron chi connectivity index (χ0n) is 17.1. The summed E-state index contributed by atoms with van der Waals surface area (Å²) < 4.78 is 39.4. The molecule has 0 aliphatic carbocycles. The van der Waals surface area contributed by atoms with E-state index in [2.05, 4.69) is 4.90 Å². The van der Waals surface area contributed by atoms with Crippen molar-refractivity contribution in [3.8, 4) is 0 Å². The number of piperazine rings is 1. The second-order valence-electron chi connectivity index (χ2n) is 7.92. The Morgan fingerprint density at radius 1 is 1.00 bits per heavy atom. The summed E-state index contributed by atoms with van der Waals surface area (Å²) in [5.74, 6) is -0.201. The van der Waals surface area contributed by atoms with E-state index < -0.39 is 10.0 Å². The van der Waals surface area contributed by atoms with E-state index in [1.54, 1.807) is 24.3 Å². The number of sulfonamides is 1. The standard InChI is InChI=1S/C22H26FN3O3S/c1-30(28,29)26-10-4-5-17-15-18(8-9-20(17)26)22(27)16-24-11-13-25(14-12-24)21-7-3-2-6-19(21)23/h2-3,6-9,15H,4-5,10-14,16H2,1H3. The molecule has 0 spiro atoms. The van der Waals surface area contributed by atoms with Gasteiger partial charge in [0.2, 0.25) is 10.0 Å². The van der Waals surface area contributed by atoms with Crippen LogP contribution in [0.5, 0.6) is 0 Å². The predicted molar refractivity (Wildman–Crippen MR) is 116 cm³/mol. The van der Waals surface area contributed by atoms with Gasteiger partial charge in [0.25, 0.3) is 0 Å². The fraction of sp³-hybridized carbons (Fsp3) is 0.409. The third kappa shape index (κ3) is 4.34. The molecule has 2 heterocycles. The summed E-state index contributed by atoms with van der Waals surface area (Å²) in [6.45, 7) is 3.49. The van der Waals surface area contributed by atoms with Crippen molar-refractivity contribution in [2.45, 2.75) is 12.8 Å². The van der Waals surface area contributed by atoms with Gasteiger partial charge in [-0.1, -0.05) is 12.1 Å². The van der Waals surface area contributed by atoms with Gasteiger partial charge in [-0.2, -0.15) is 0 Å². The minimum atomic E-state index is -3.32. The van der Waals surface area contributed by atoms with Crippen molar-refractivity contribution in [1.82, 2.24) is 4.90 Å². The summed E-state index contributed by atoms with van der Waals surface area (Å²) >= 11 is 0. The largest absolute Gasteiger partial charge is 0.367 e. The van der Waals surface area contributed by atoms with Crippen LogP contribution in [-0.2, 0) is 16.4 Å². The quantitative estimate of drug-likeness (QED) is 0.681. The number of carbonyl (C=O) groups excluding carboxylic acids is 1. The van der Waals surface area contributed by atoms with Crippen molar-refractivity contribution < 1.29 is 17.6 Å². The average Bonchev–Trinajstić information content (AvgIpc) is 2.73. The molecular formula is C22H26FN3O3S. The first-order valence-electron chi connectivity index (χ1n) is 10.2. The second-order valence-corrected chi connectivity index (χ2v) is 9.83. The van der Waals surface area contributed by atoms with Gasteiger partial charge < -0.3 is 4.90 Å². The lowest BCUT2D eigenvalue weighted by Crippen LogP contribution is -2.48. The summed E-state index contributed by atoms with van der Waals surface area (Å²) in [6, 6.07) is 12.1. The highest BCUT2D eigenvalue weighted by Gasteiger charge is 2.26. The highest BCUT2D eigenvalue weighted by atomic mass is 32.2. The number of nitrogens with zero attached hydrogens (tertiary/aromatic N) is 3. The van der Waals surface area contributed by atoms with E-state index >= 15 is 0 Å². The molecule has 30 heavy (non-hydrogen) atoms. The first kappa shape index (κ1) is 20.8. The smallest absolute Gasteiger partial charge is 0.232 e. The van der Waals surface area contributed by atoms with Gasteiger partial charge in [0.15, 0.2) is 5.78 Å². The number of aryl methyl sites for hydroxylation is 1. The topological polar surface area (TPSA) is 60.9 Å². The van der Waals surface area contributed by atoms with Crippen LogP contribution in [0, 0.1) is 5.82 Å². The molecule has 0 amide bonds. The van der Waals surface area contributed by atoms with Gasteiger partial charge in [0.1, 0.15) is 5.82 Å². The van der Waals surface area contributed by atoms with E-state index in [9.17, 15) is 17.6 Å². The lowest BCUT2D eigenvalue weighted by Gasteiger charge is -2.36. The Hall–Kier alpha value is -2.45. The van der Waals surface area contributed by atoms with E-state index in [4.69, 9.17) is 0 Å². The third-order valence-electron chi connectivity index (χ3n) is 5.81. The summed E-state index contributed by atoms with van der Waals surface area (Å²) in [5.41, 5.74) is 2.80. The molecule has 0 saturated carbocycles. The molecule has 0 atom stereocenters. The van der Waals surface area contributed by atoms with Gasteiger partial charge in [0.05, 0.1) is 24.2 Å². The fourth-order valence-electron chi connectivity index (χ4n) is 4.23. The average molecular weight is 432 g/mol.